The summed E-state index contributed by atoms with van der Waals surface area (Å²) in [5.74, 6) is -0.340. The van der Waals surface area contributed by atoms with Crippen molar-refractivity contribution in [2.45, 2.75) is 6.92 Å². The van der Waals surface area contributed by atoms with Gasteiger partial charge < -0.3 is 9.64 Å². The molecule has 0 saturated heterocycles. The third-order valence-electron chi connectivity index (χ3n) is 1.74. The molecular formula is C10H11N3O2. The van der Waals surface area contributed by atoms with Crippen molar-refractivity contribution in [2.24, 2.45) is 4.99 Å². The highest BCUT2D eigenvalue weighted by Gasteiger charge is 2.19. The molecule has 1 aliphatic rings. The van der Waals surface area contributed by atoms with E-state index in [2.05, 4.69) is 4.99 Å². The molecule has 0 atom stereocenters. The number of hydrogen-bond donors (Lipinski definition) is 0. The summed E-state index contributed by atoms with van der Waals surface area (Å²) in [5.41, 5.74) is -0.0834. The van der Waals surface area contributed by atoms with E-state index in [1.807, 2.05) is 0 Å². The van der Waals surface area contributed by atoms with Crippen LogP contribution in [-0.4, -0.2) is 30.7 Å². The Morgan fingerprint density at radius 1 is 1.73 bits per heavy atom. The summed E-state index contributed by atoms with van der Waals surface area (Å²) >= 11 is 0. The number of carbonyl (C=O) groups excluding carboxylic acids is 1. The van der Waals surface area contributed by atoms with Crippen LogP contribution >= 0.6 is 0 Å². The van der Waals surface area contributed by atoms with Gasteiger partial charge in [-0.05, 0) is 13.0 Å². The van der Waals surface area contributed by atoms with Crippen LogP contribution in [0.15, 0.2) is 28.7 Å². The molecule has 0 N–H and O–H groups in total. The maximum Gasteiger partial charge on any atom is 0.352 e. The van der Waals surface area contributed by atoms with Crippen LogP contribution in [0, 0.1) is 11.3 Å². The zero-order valence-corrected chi connectivity index (χ0v) is 8.60. The molecule has 78 valence electrons. The largest absolute Gasteiger partial charge is 0.462 e. The lowest BCUT2D eigenvalue weighted by molar-refractivity contribution is -0.138. The summed E-state index contributed by atoms with van der Waals surface area (Å²) < 4.78 is 4.75. The molecule has 0 bridgehead atoms. The molecule has 0 saturated carbocycles. The molecular weight excluding hydrogens is 194 g/mol. The smallest absolute Gasteiger partial charge is 0.352 e. The minimum atomic E-state index is -0.644. The Morgan fingerprint density at radius 2 is 2.47 bits per heavy atom. The van der Waals surface area contributed by atoms with Gasteiger partial charge in [0.05, 0.1) is 6.61 Å². The second kappa shape index (κ2) is 4.96. The van der Waals surface area contributed by atoms with Gasteiger partial charge in [-0.25, -0.2) is 9.79 Å². The fourth-order valence-electron chi connectivity index (χ4n) is 1.07. The molecule has 1 aliphatic heterocycles. The molecule has 0 aliphatic carbocycles. The molecule has 0 fully saturated rings. The third-order valence-corrected chi connectivity index (χ3v) is 1.74. The summed E-state index contributed by atoms with van der Waals surface area (Å²) in [6, 6.07) is 1.80. The lowest BCUT2D eigenvalue weighted by Crippen LogP contribution is -2.18. The van der Waals surface area contributed by atoms with Crippen molar-refractivity contribution >= 4 is 12.2 Å². The van der Waals surface area contributed by atoms with E-state index >= 15 is 0 Å². The van der Waals surface area contributed by atoms with E-state index in [0.29, 0.717) is 5.82 Å². The Labute approximate surface area is 88.0 Å². The Bertz CT molecular complexity index is 388. The molecule has 0 aromatic heterocycles. The number of allylic oxidation sites excluding steroid dienone is 1. The minimum Gasteiger partial charge on any atom is -0.462 e. The lowest BCUT2D eigenvalue weighted by Gasteiger charge is -2.17. The maximum atomic E-state index is 11.4. The van der Waals surface area contributed by atoms with Crippen LogP contribution < -0.4 is 0 Å². The van der Waals surface area contributed by atoms with Crippen LogP contribution in [0.2, 0.25) is 0 Å². The second-order valence-corrected chi connectivity index (χ2v) is 2.76. The highest BCUT2D eigenvalue weighted by molar-refractivity contribution is 5.94. The fraction of sp³-hybridized carbons (Fsp3) is 0.300. The Morgan fingerprint density at radius 3 is 3.00 bits per heavy atom. The molecule has 0 spiro atoms. The van der Waals surface area contributed by atoms with E-state index in [4.69, 9.17) is 10.00 Å². The van der Waals surface area contributed by atoms with Gasteiger partial charge in [0.2, 0.25) is 0 Å². The van der Waals surface area contributed by atoms with Crippen molar-refractivity contribution in [3.8, 4) is 6.07 Å². The van der Waals surface area contributed by atoms with Gasteiger partial charge in [-0.2, -0.15) is 5.26 Å². The average Bonchev–Trinajstić information content (AvgIpc) is 2.22. The summed E-state index contributed by atoms with van der Waals surface area (Å²) in [6.45, 7) is 1.92. The quantitative estimate of drug-likeness (QED) is 0.380. The third kappa shape index (κ3) is 2.44. The first-order chi connectivity index (χ1) is 7.20. The summed E-state index contributed by atoms with van der Waals surface area (Å²) in [6.07, 6.45) is 4.94. The highest BCUT2D eigenvalue weighted by Crippen LogP contribution is 2.14. The number of carbonyl (C=O) groups is 1. The Kier molecular flexibility index (Phi) is 3.63. The number of nitrogens with zero attached hydrogens (tertiary/aromatic N) is 3. The van der Waals surface area contributed by atoms with Crippen molar-refractivity contribution in [3.63, 3.8) is 0 Å². The molecule has 0 unspecified atom stereocenters. The topological polar surface area (TPSA) is 65.7 Å². The minimum absolute atomic E-state index is 0.0834. The zero-order valence-electron chi connectivity index (χ0n) is 8.60. The molecule has 0 amide bonds. The number of esters is 1. The van der Waals surface area contributed by atoms with Crippen LogP contribution in [0.25, 0.3) is 0 Å². The van der Waals surface area contributed by atoms with Crippen molar-refractivity contribution in [1.82, 2.24) is 4.90 Å². The Balaban J connectivity index is 3.04. The van der Waals surface area contributed by atoms with Gasteiger partial charge in [-0.3, -0.25) is 0 Å². The molecule has 5 heteroatoms. The van der Waals surface area contributed by atoms with Crippen LogP contribution in [0.4, 0.5) is 0 Å². The molecule has 0 aromatic carbocycles. The molecule has 5 nitrogen and oxygen atoms in total. The van der Waals surface area contributed by atoms with Gasteiger partial charge in [-0.15, -0.1) is 0 Å². The van der Waals surface area contributed by atoms with E-state index in [1.165, 1.54) is 6.21 Å². The lowest BCUT2D eigenvalue weighted by atomic mass is 10.2. The van der Waals surface area contributed by atoms with E-state index in [0.717, 1.165) is 0 Å². The van der Waals surface area contributed by atoms with E-state index in [1.54, 1.807) is 37.2 Å². The van der Waals surface area contributed by atoms with Crippen LogP contribution in [-0.2, 0) is 9.53 Å². The van der Waals surface area contributed by atoms with E-state index < -0.39 is 5.97 Å². The Hall–Kier alpha value is -2.09. The van der Waals surface area contributed by atoms with Gasteiger partial charge in [0.1, 0.15) is 6.07 Å². The number of nitriles is 1. The normalized spacial score (nSPS) is 17.3. The number of aliphatic imine (C=N–C) groups is 1. The predicted molar refractivity (Wildman–Crippen MR) is 54.7 cm³/mol. The standard InChI is InChI=1S/C10H11N3O2/c1-3-15-10(14)8(7-11)9-12-5-4-6-13(9)2/h4-6H,3H2,1-2H3/b9-8-. The SMILES string of the molecule is CCOC(=O)/C(C#N)=C1/N=CC=CN1C. The first-order valence-corrected chi connectivity index (χ1v) is 4.46. The molecule has 0 radical (unpaired) electrons. The summed E-state index contributed by atoms with van der Waals surface area (Å²) in [5, 5.41) is 8.86. The van der Waals surface area contributed by atoms with Crippen LogP contribution in [0.1, 0.15) is 6.92 Å². The van der Waals surface area contributed by atoms with Gasteiger partial charge in [0, 0.05) is 19.5 Å². The van der Waals surface area contributed by atoms with Gasteiger partial charge >= 0.3 is 5.97 Å². The highest BCUT2D eigenvalue weighted by atomic mass is 16.5. The summed E-state index contributed by atoms with van der Waals surface area (Å²) in [7, 11) is 1.71. The van der Waals surface area contributed by atoms with Gasteiger partial charge in [0.25, 0.3) is 0 Å². The van der Waals surface area contributed by atoms with Gasteiger partial charge in [-0.1, -0.05) is 0 Å². The maximum absolute atomic E-state index is 11.4. The number of rotatable bonds is 2. The molecule has 1 heterocycles. The van der Waals surface area contributed by atoms with Gasteiger partial charge in [0.15, 0.2) is 11.4 Å². The molecule has 1 rings (SSSR count). The van der Waals surface area contributed by atoms with Crippen molar-refractivity contribution in [1.29, 1.82) is 5.26 Å². The first kappa shape index (κ1) is 11.0. The molecule has 15 heavy (non-hydrogen) atoms. The fourth-order valence-corrected chi connectivity index (χ4v) is 1.07. The summed E-state index contributed by atoms with van der Waals surface area (Å²) in [4.78, 5) is 16.9. The monoisotopic (exact) mass is 205 g/mol. The average molecular weight is 205 g/mol. The van der Waals surface area contributed by atoms with Crippen LogP contribution in [0.3, 0.4) is 0 Å². The van der Waals surface area contributed by atoms with Crippen LogP contribution in [0.5, 0.6) is 0 Å². The van der Waals surface area contributed by atoms with E-state index in [-0.39, 0.29) is 12.2 Å². The number of ether oxygens (including phenoxy) is 1. The van der Waals surface area contributed by atoms with Crippen molar-refractivity contribution in [3.05, 3.63) is 23.7 Å². The predicted octanol–water partition coefficient (Wildman–Crippen LogP) is 0.815. The second-order valence-electron chi connectivity index (χ2n) is 2.76. The first-order valence-electron chi connectivity index (χ1n) is 4.46. The molecule has 0 aromatic rings. The zero-order chi connectivity index (χ0) is 11.3. The van der Waals surface area contributed by atoms with E-state index in [9.17, 15) is 4.79 Å². The van der Waals surface area contributed by atoms with Crippen molar-refractivity contribution in [2.75, 3.05) is 13.7 Å². The van der Waals surface area contributed by atoms with Crippen molar-refractivity contribution < 1.29 is 9.53 Å². The number of hydrogen-bond acceptors (Lipinski definition) is 5.